The fourth-order valence-electron chi connectivity index (χ4n) is 5.19. The highest BCUT2D eigenvalue weighted by atomic mass is 19.1. The standard InChI is InChI=1S/C30H40FN3O5/c1-7-38-24-17-19-9-10-34(29(32)25(19)26(31)28(24)39-8-2)18-23(35)20-15-21(30(3,4)5)27(36-6)22(16-20)33-11-13-37-14-12-33/h15-17,32H,7-14,18H2,1-6H3. The van der Waals surface area contributed by atoms with Crippen LogP contribution in [0.5, 0.6) is 17.2 Å². The molecule has 2 heterocycles. The Bertz CT molecular complexity index is 1230. The average molecular weight is 542 g/mol. The van der Waals surface area contributed by atoms with Crippen molar-refractivity contribution in [1.29, 1.82) is 5.41 Å². The van der Waals surface area contributed by atoms with Gasteiger partial charge in [-0.05, 0) is 49.4 Å². The first-order valence-electron chi connectivity index (χ1n) is 13.6. The van der Waals surface area contributed by atoms with Crippen LogP contribution in [0.1, 0.15) is 61.7 Å². The van der Waals surface area contributed by atoms with Gasteiger partial charge in [-0.25, -0.2) is 4.39 Å². The largest absolute Gasteiger partial charge is 0.494 e. The number of Topliss-reactive ketones (excluding diaryl/α,β-unsaturated/α-hetero) is 1. The molecule has 212 valence electrons. The van der Waals surface area contributed by atoms with Crippen LogP contribution in [0.4, 0.5) is 10.1 Å². The van der Waals surface area contributed by atoms with E-state index in [1.807, 2.05) is 19.1 Å². The number of halogens is 1. The molecule has 0 unspecified atom stereocenters. The number of fused-ring (bicyclic) bond motifs is 1. The molecule has 2 aromatic rings. The smallest absolute Gasteiger partial charge is 0.197 e. The average Bonchev–Trinajstić information content (AvgIpc) is 2.91. The monoisotopic (exact) mass is 541 g/mol. The molecular formula is C30H40FN3O5. The molecule has 0 atom stereocenters. The predicted molar refractivity (Wildman–Crippen MR) is 150 cm³/mol. The zero-order chi connectivity index (χ0) is 28.3. The third kappa shape index (κ3) is 5.83. The third-order valence-electron chi connectivity index (χ3n) is 7.15. The first-order valence-corrected chi connectivity index (χ1v) is 13.6. The van der Waals surface area contributed by atoms with Crippen LogP contribution >= 0.6 is 0 Å². The van der Waals surface area contributed by atoms with Gasteiger partial charge < -0.3 is 28.7 Å². The second-order valence-electron chi connectivity index (χ2n) is 10.8. The molecule has 1 saturated heterocycles. The van der Waals surface area contributed by atoms with Crippen LogP contribution in [0, 0.1) is 11.2 Å². The van der Waals surface area contributed by atoms with Gasteiger partial charge in [-0.1, -0.05) is 20.8 Å². The van der Waals surface area contributed by atoms with Crippen molar-refractivity contribution in [3.8, 4) is 17.2 Å². The van der Waals surface area contributed by atoms with Crippen molar-refractivity contribution in [2.45, 2.75) is 46.5 Å². The number of rotatable bonds is 9. The molecule has 0 radical (unpaired) electrons. The molecule has 39 heavy (non-hydrogen) atoms. The number of hydrogen-bond acceptors (Lipinski definition) is 7. The first-order chi connectivity index (χ1) is 18.6. The maximum atomic E-state index is 15.6. The Morgan fingerprint density at radius 1 is 1.05 bits per heavy atom. The molecule has 8 nitrogen and oxygen atoms in total. The molecular weight excluding hydrogens is 501 g/mol. The van der Waals surface area contributed by atoms with E-state index in [0.29, 0.717) is 62.8 Å². The zero-order valence-corrected chi connectivity index (χ0v) is 23.9. The summed E-state index contributed by atoms with van der Waals surface area (Å²) in [6.07, 6.45) is 0.489. The van der Waals surface area contributed by atoms with Crippen molar-refractivity contribution in [3.63, 3.8) is 0 Å². The van der Waals surface area contributed by atoms with Gasteiger partial charge in [0.25, 0.3) is 0 Å². The Morgan fingerprint density at radius 3 is 2.36 bits per heavy atom. The summed E-state index contributed by atoms with van der Waals surface area (Å²) < 4.78 is 38.2. The van der Waals surface area contributed by atoms with Crippen LogP contribution in [-0.4, -0.2) is 76.2 Å². The Hall–Kier alpha value is -3.33. The summed E-state index contributed by atoms with van der Waals surface area (Å²) in [5.74, 6) is 0.337. The Labute approximate surface area is 230 Å². The normalized spacial score (nSPS) is 15.7. The van der Waals surface area contributed by atoms with Crippen LogP contribution in [0.15, 0.2) is 18.2 Å². The van der Waals surface area contributed by atoms with Gasteiger partial charge in [0.1, 0.15) is 11.6 Å². The Morgan fingerprint density at radius 2 is 1.74 bits per heavy atom. The van der Waals surface area contributed by atoms with Crippen LogP contribution < -0.4 is 19.1 Å². The van der Waals surface area contributed by atoms with E-state index in [9.17, 15) is 4.79 Å². The quantitative estimate of drug-likeness (QED) is 0.455. The van der Waals surface area contributed by atoms with E-state index in [2.05, 4.69) is 25.7 Å². The van der Waals surface area contributed by atoms with Gasteiger partial charge in [0, 0.05) is 30.8 Å². The second kappa shape index (κ2) is 11.8. The Balaban J connectivity index is 1.67. The third-order valence-corrected chi connectivity index (χ3v) is 7.15. The van der Waals surface area contributed by atoms with E-state index in [0.717, 1.165) is 17.0 Å². The van der Waals surface area contributed by atoms with Gasteiger partial charge in [0.15, 0.2) is 23.1 Å². The fraction of sp³-hybridized carbons (Fsp3) is 0.533. The topological polar surface area (TPSA) is 84.3 Å². The van der Waals surface area contributed by atoms with E-state index in [1.54, 1.807) is 25.0 Å². The van der Waals surface area contributed by atoms with E-state index in [4.69, 9.17) is 24.4 Å². The number of carbonyl (C=O) groups is 1. The molecule has 0 aliphatic carbocycles. The van der Waals surface area contributed by atoms with Gasteiger partial charge in [-0.15, -0.1) is 0 Å². The summed E-state index contributed by atoms with van der Waals surface area (Å²) in [5.41, 5.74) is 2.93. The van der Waals surface area contributed by atoms with Crippen molar-refractivity contribution in [1.82, 2.24) is 4.90 Å². The summed E-state index contributed by atoms with van der Waals surface area (Å²) in [4.78, 5) is 17.5. The van der Waals surface area contributed by atoms with Gasteiger partial charge in [0.05, 0.1) is 51.3 Å². The van der Waals surface area contributed by atoms with Crippen molar-refractivity contribution in [2.75, 3.05) is 64.6 Å². The highest BCUT2D eigenvalue weighted by Gasteiger charge is 2.32. The van der Waals surface area contributed by atoms with Crippen LogP contribution in [-0.2, 0) is 16.6 Å². The number of ketones is 1. The zero-order valence-electron chi connectivity index (χ0n) is 23.9. The number of amidine groups is 1. The first kappa shape index (κ1) is 28.7. The van der Waals surface area contributed by atoms with E-state index >= 15 is 4.39 Å². The van der Waals surface area contributed by atoms with E-state index in [1.165, 1.54) is 0 Å². The van der Waals surface area contributed by atoms with Gasteiger partial charge in [-0.2, -0.15) is 0 Å². The van der Waals surface area contributed by atoms with Crippen LogP contribution in [0.3, 0.4) is 0 Å². The SMILES string of the molecule is CCOc1cc2c(c(F)c1OCC)C(=N)N(CC(=O)c1cc(N3CCOCC3)c(OC)c(C(C)(C)C)c1)CC2. The highest BCUT2D eigenvalue weighted by Crippen LogP contribution is 2.41. The maximum absolute atomic E-state index is 15.6. The van der Waals surface area contributed by atoms with E-state index in [-0.39, 0.29) is 41.5 Å². The number of anilines is 1. The summed E-state index contributed by atoms with van der Waals surface area (Å²) in [7, 11) is 1.66. The molecule has 0 saturated carbocycles. The summed E-state index contributed by atoms with van der Waals surface area (Å²) >= 11 is 0. The number of morpholine rings is 1. The van der Waals surface area contributed by atoms with Crippen LogP contribution in [0.2, 0.25) is 0 Å². The molecule has 0 spiro atoms. The number of methoxy groups -OCH3 is 1. The van der Waals surface area contributed by atoms with Crippen LogP contribution in [0.25, 0.3) is 0 Å². The number of ether oxygens (including phenoxy) is 4. The molecule has 0 amide bonds. The lowest BCUT2D eigenvalue weighted by atomic mass is 9.84. The van der Waals surface area contributed by atoms with E-state index < -0.39 is 5.82 Å². The predicted octanol–water partition coefficient (Wildman–Crippen LogP) is 4.83. The van der Waals surface area contributed by atoms with Gasteiger partial charge in [0.2, 0.25) is 0 Å². The molecule has 2 aliphatic rings. The molecule has 2 aromatic carbocycles. The highest BCUT2D eigenvalue weighted by molar-refractivity contribution is 6.05. The summed E-state index contributed by atoms with van der Waals surface area (Å²) in [6, 6.07) is 5.54. The number of benzene rings is 2. The minimum atomic E-state index is -0.617. The minimum absolute atomic E-state index is 0.0103. The Kier molecular flexibility index (Phi) is 8.69. The number of carbonyl (C=O) groups excluding carboxylic acids is 1. The van der Waals surface area contributed by atoms with Crippen molar-refractivity contribution < 1.29 is 28.1 Å². The summed E-state index contributed by atoms with van der Waals surface area (Å²) in [6.45, 7) is 13.5. The lowest BCUT2D eigenvalue weighted by Crippen LogP contribution is -2.41. The van der Waals surface area contributed by atoms with Gasteiger partial charge >= 0.3 is 0 Å². The molecule has 9 heteroatoms. The van der Waals surface area contributed by atoms with Crippen molar-refractivity contribution in [2.24, 2.45) is 0 Å². The molecule has 1 fully saturated rings. The number of hydrogen-bond donors (Lipinski definition) is 1. The maximum Gasteiger partial charge on any atom is 0.197 e. The lowest BCUT2D eigenvalue weighted by Gasteiger charge is -2.34. The molecule has 2 aliphatic heterocycles. The van der Waals surface area contributed by atoms with Gasteiger partial charge in [-0.3, -0.25) is 10.2 Å². The number of nitrogens with zero attached hydrogens (tertiary/aromatic N) is 2. The molecule has 1 N–H and O–H groups in total. The van der Waals surface area contributed by atoms with Crippen molar-refractivity contribution >= 4 is 17.3 Å². The second-order valence-corrected chi connectivity index (χ2v) is 10.8. The van der Waals surface area contributed by atoms with Crippen molar-refractivity contribution in [3.05, 3.63) is 46.3 Å². The molecule has 0 bridgehead atoms. The lowest BCUT2D eigenvalue weighted by molar-refractivity contribution is 0.0961. The summed E-state index contributed by atoms with van der Waals surface area (Å²) in [5, 5.41) is 8.83. The number of nitrogens with one attached hydrogen (secondary N) is 1. The minimum Gasteiger partial charge on any atom is -0.494 e. The molecule has 0 aromatic heterocycles. The fourth-order valence-corrected chi connectivity index (χ4v) is 5.19. The molecule has 4 rings (SSSR count).